The molecule has 164 valence electrons. The van der Waals surface area contributed by atoms with E-state index in [1.54, 1.807) is 12.3 Å². The molecule has 0 spiro atoms. The first-order valence-electron chi connectivity index (χ1n) is 9.68. The summed E-state index contributed by atoms with van der Waals surface area (Å²) in [5.41, 5.74) is 1.68. The van der Waals surface area contributed by atoms with Gasteiger partial charge in [0.15, 0.2) is 5.82 Å². The van der Waals surface area contributed by atoms with Crippen molar-refractivity contribution in [1.29, 1.82) is 0 Å². The summed E-state index contributed by atoms with van der Waals surface area (Å²) in [6, 6.07) is 4.31. The molecule has 3 aromatic rings. The number of sulfonamides is 1. The van der Waals surface area contributed by atoms with Gasteiger partial charge in [-0.2, -0.15) is 0 Å². The lowest BCUT2D eigenvalue weighted by atomic mass is 9.97. The third kappa shape index (κ3) is 5.35. The molecule has 1 saturated heterocycles. The van der Waals surface area contributed by atoms with Crippen molar-refractivity contribution in [3.63, 3.8) is 0 Å². The van der Waals surface area contributed by atoms with Gasteiger partial charge in [0.1, 0.15) is 23.2 Å². The second-order valence-electron chi connectivity index (χ2n) is 7.43. The number of rotatable bonds is 6. The maximum absolute atomic E-state index is 13.4. The summed E-state index contributed by atoms with van der Waals surface area (Å²) < 4.78 is 38.6. The number of benzene rings is 1. The Morgan fingerprint density at radius 2 is 2.00 bits per heavy atom. The van der Waals surface area contributed by atoms with Crippen molar-refractivity contribution in [2.24, 2.45) is 5.92 Å². The molecule has 1 fully saturated rings. The Morgan fingerprint density at radius 3 is 2.71 bits per heavy atom. The highest BCUT2D eigenvalue weighted by molar-refractivity contribution is 7.88. The van der Waals surface area contributed by atoms with Gasteiger partial charge in [-0.15, -0.1) is 0 Å². The predicted octanol–water partition coefficient (Wildman–Crippen LogP) is 2.72. The summed E-state index contributed by atoms with van der Waals surface area (Å²) in [6.07, 6.45) is 5.86. The quantitative estimate of drug-likeness (QED) is 0.571. The molecule has 0 aliphatic carbocycles. The first-order chi connectivity index (χ1) is 14.8. The molecule has 31 heavy (non-hydrogen) atoms. The van der Waals surface area contributed by atoms with Gasteiger partial charge in [0.2, 0.25) is 16.0 Å². The second-order valence-corrected chi connectivity index (χ2v) is 9.67. The monoisotopic (exact) mass is 465 g/mol. The van der Waals surface area contributed by atoms with E-state index in [0.717, 1.165) is 12.8 Å². The van der Waals surface area contributed by atoms with Crippen molar-refractivity contribution >= 4 is 50.1 Å². The molecule has 0 unspecified atom stereocenters. The Balaban J connectivity index is 1.51. The van der Waals surface area contributed by atoms with Gasteiger partial charge in [-0.25, -0.2) is 37.5 Å². The number of piperidine rings is 1. The maximum Gasteiger partial charge on any atom is 0.226 e. The van der Waals surface area contributed by atoms with Crippen LogP contribution in [0.15, 0.2) is 30.7 Å². The molecule has 1 aromatic carbocycles. The molecular weight excluding hydrogens is 445 g/mol. The van der Waals surface area contributed by atoms with Crippen molar-refractivity contribution < 1.29 is 12.8 Å². The van der Waals surface area contributed by atoms with Crippen molar-refractivity contribution in [2.75, 3.05) is 36.1 Å². The van der Waals surface area contributed by atoms with E-state index >= 15 is 0 Å². The number of hydrogen-bond donors (Lipinski definition) is 2. The van der Waals surface area contributed by atoms with Crippen LogP contribution in [-0.4, -0.2) is 54.2 Å². The van der Waals surface area contributed by atoms with Crippen LogP contribution in [0, 0.1) is 11.7 Å². The van der Waals surface area contributed by atoms with Gasteiger partial charge in [-0.3, -0.25) is 0 Å². The molecule has 2 N–H and O–H groups in total. The fourth-order valence-corrected chi connectivity index (χ4v) is 4.12. The standard InChI is InChI=1S/C19H21ClFN7O2S/c1-31(29,30)25-9-12-4-6-28(7-5-12)19-22-10-16-17(27-19)18(24-11-23-16)26-13-2-3-15(21)14(20)8-13/h2-3,8,10-12,25H,4-7,9H2,1H3,(H,23,24,26). The van der Waals surface area contributed by atoms with Gasteiger partial charge >= 0.3 is 0 Å². The lowest BCUT2D eigenvalue weighted by Gasteiger charge is -2.32. The van der Waals surface area contributed by atoms with Crippen molar-refractivity contribution in [3.8, 4) is 0 Å². The Hall–Kier alpha value is -2.63. The summed E-state index contributed by atoms with van der Waals surface area (Å²) in [4.78, 5) is 19.6. The highest BCUT2D eigenvalue weighted by atomic mass is 35.5. The van der Waals surface area contributed by atoms with Crippen LogP contribution in [0.4, 0.5) is 21.8 Å². The zero-order valence-corrected chi connectivity index (χ0v) is 18.3. The number of nitrogens with zero attached hydrogens (tertiary/aromatic N) is 5. The highest BCUT2D eigenvalue weighted by Crippen LogP contribution is 2.27. The maximum atomic E-state index is 13.4. The van der Waals surface area contributed by atoms with Gasteiger partial charge in [0.25, 0.3) is 0 Å². The fraction of sp³-hybridized carbons (Fsp3) is 0.368. The Bertz CT molecular complexity index is 1200. The number of fused-ring (bicyclic) bond motifs is 1. The van der Waals surface area contributed by atoms with Crippen molar-refractivity contribution in [2.45, 2.75) is 12.8 Å². The molecular formula is C19H21ClFN7O2S. The average Bonchev–Trinajstić information content (AvgIpc) is 2.75. The minimum absolute atomic E-state index is 0.00640. The second kappa shape index (κ2) is 8.85. The molecule has 9 nitrogen and oxygen atoms in total. The Kier molecular flexibility index (Phi) is 6.17. The summed E-state index contributed by atoms with van der Waals surface area (Å²) >= 11 is 5.87. The smallest absolute Gasteiger partial charge is 0.226 e. The molecule has 1 aliphatic rings. The van der Waals surface area contributed by atoms with Gasteiger partial charge in [-0.1, -0.05) is 11.6 Å². The molecule has 0 saturated carbocycles. The first kappa shape index (κ1) is 21.6. The lowest BCUT2D eigenvalue weighted by Crippen LogP contribution is -2.39. The summed E-state index contributed by atoms with van der Waals surface area (Å²) in [5.74, 6) is 0.787. The van der Waals surface area contributed by atoms with Crippen LogP contribution in [0.3, 0.4) is 0 Å². The number of aromatic nitrogens is 4. The third-order valence-electron chi connectivity index (χ3n) is 5.08. The highest BCUT2D eigenvalue weighted by Gasteiger charge is 2.22. The average molecular weight is 466 g/mol. The SMILES string of the molecule is CS(=O)(=O)NCC1CCN(c2ncc3ncnc(Nc4ccc(F)c(Cl)c4)c3n2)CC1. The van der Waals surface area contributed by atoms with Gasteiger partial charge in [0, 0.05) is 25.3 Å². The number of nitrogens with one attached hydrogen (secondary N) is 2. The van der Waals surface area contributed by atoms with E-state index in [-0.39, 0.29) is 10.9 Å². The molecule has 0 atom stereocenters. The van der Waals surface area contributed by atoms with E-state index in [1.165, 1.54) is 24.7 Å². The molecule has 0 radical (unpaired) electrons. The van der Waals surface area contributed by atoms with E-state index in [0.29, 0.717) is 48.1 Å². The first-order valence-corrected chi connectivity index (χ1v) is 11.9. The Morgan fingerprint density at radius 1 is 1.23 bits per heavy atom. The van der Waals surface area contributed by atoms with Crippen LogP contribution in [0.5, 0.6) is 0 Å². The van der Waals surface area contributed by atoms with E-state index in [9.17, 15) is 12.8 Å². The minimum Gasteiger partial charge on any atom is -0.341 e. The van der Waals surface area contributed by atoms with E-state index in [4.69, 9.17) is 11.6 Å². The molecule has 12 heteroatoms. The Labute approximate surface area is 184 Å². The minimum atomic E-state index is -3.19. The number of halogens is 2. The van der Waals surface area contributed by atoms with Crippen molar-refractivity contribution in [3.05, 3.63) is 41.6 Å². The molecule has 4 rings (SSSR count). The normalized spacial score (nSPS) is 15.4. The van der Waals surface area contributed by atoms with E-state index in [2.05, 4.69) is 34.9 Å². The van der Waals surface area contributed by atoms with Crippen LogP contribution >= 0.6 is 11.6 Å². The fourth-order valence-electron chi connectivity index (χ4n) is 3.41. The molecule has 0 bridgehead atoms. The van der Waals surface area contributed by atoms with Crippen molar-refractivity contribution in [1.82, 2.24) is 24.7 Å². The van der Waals surface area contributed by atoms with Crippen LogP contribution in [0.25, 0.3) is 11.0 Å². The van der Waals surface area contributed by atoms with Gasteiger partial charge in [0.05, 0.1) is 17.5 Å². The molecule has 1 aliphatic heterocycles. The van der Waals surface area contributed by atoms with Crippen LogP contribution < -0.4 is 14.9 Å². The van der Waals surface area contributed by atoms with Gasteiger partial charge < -0.3 is 10.2 Å². The van der Waals surface area contributed by atoms with E-state index in [1.807, 2.05) is 0 Å². The summed E-state index contributed by atoms with van der Waals surface area (Å²) in [5, 5.41) is 3.11. The molecule has 2 aromatic heterocycles. The summed E-state index contributed by atoms with van der Waals surface area (Å²) in [6.45, 7) is 1.87. The van der Waals surface area contributed by atoms with Crippen LogP contribution in [-0.2, 0) is 10.0 Å². The molecule has 3 heterocycles. The zero-order chi connectivity index (χ0) is 22.0. The van der Waals surface area contributed by atoms with Gasteiger partial charge in [-0.05, 0) is 37.0 Å². The summed E-state index contributed by atoms with van der Waals surface area (Å²) in [7, 11) is -3.19. The largest absolute Gasteiger partial charge is 0.341 e. The zero-order valence-electron chi connectivity index (χ0n) is 16.7. The predicted molar refractivity (Wildman–Crippen MR) is 118 cm³/mol. The lowest BCUT2D eigenvalue weighted by molar-refractivity contribution is 0.399. The third-order valence-corrected chi connectivity index (χ3v) is 6.06. The molecule has 0 amide bonds. The number of anilines is 3. The topological polar surface area (TPSA) is 113 Å². The number of hydrogen-bond acceptors (Lipinski definition) is 8. The van der Waals surface area contributed by atoms with E-state index < -0.39 is 15.8 Å². The van der Waals surface area contributed by atoms with Crippen LogP contribution in [0.2, 0.25) is 5.02 Å². The van der Waals surface area contributed by atoms with Crippen LogP contribution in [0.1, 0.15) is 12.8 Å².